The Kier molecular flexibility index (Phi) is 6.52. The number of nitrogens with zero attached hydrogens (tertiary/aromatic N) is 2. The molecule has 0 spiro atoms. The van der Waals surface area contributed by atoms with Crippen molar-refractivity contribution in [2.75, 3.05) is 6.54 Å². The fourth-order valence-electron chi connectivity index (χ4n) is 2.03. The summed E-state index contributed by atoms with van der Waals surface area (Å²) in [5.41, 5.74) is 2.29. The van der Waals surface area contributed by atoms with Crippen LogP contribution in [0, 0.1) is 16.7 Å². The number of hydrogen-bond donors (Lipinski definition) is 1. The van der Waals surface area contributed by atoms with E-state index in [1.165, 1.54) is 5.56 Å². The predicted octanol–water partition coefficient (Wildman–Crippen LogP) is 3.45. The van der Waals surface area contributed by atoms with E-state index in [-0.39, 0.29) is 5.41 Å². The zero-order chi connectivity index (χ0) is 14.1. The molecule has 3 heteroatoms. The molecule has 0 aliphatic carbocycles. The average Bonchev–Trinajstić information content (AvgIpc) is 2.43. The second kappa shape index (κ2) is 7.91. The van der Waals surface area contributed by atoms with Crippen LogP contribution in [0.2, 0.25) is 0 Å². The minimum absolute atomic E-state index is 0.184. The van der Waals surface area contributed by atoms with Gasteiger partial charge in [-0.2, -0.15) is 5.26 Å². The number of aryl methyl sites for hydroxylation is 1. The van der Waals surface area contributed by atoms with Crippen LogP contribution in [0.4, 0.5) is 0 Å². The maximum Gasteiger partial charge on any atom is 0.0683 e. The fraction of sp³-hybridized carbons (Fsp3) is 0.625. The molecule has 0 aromatic carbocycles. The minimum atomic E-state index is -0.184. The second-order valence-corrected chi connectivity index (χ2v) is 5.59. The van der Waals surface area contributed by atoms with Gasteiger partial charge in [0.25, 0.3) is 0 Å². The molecular weight excluding hydrogens is 234 g/mol. The minimum Gasteiger partial charge on any atom is -0.311 e. The molecule has 0 aliphatic rings. The second-order valence-electron chi connectivity index (χ2n) is 5.59. The maximum atomic E-state index is 8.93. The van der Waals surface area contributed by atoms with E-state index in [9.17, 15) is 0 Å². The third-order valence-electron chi connectivity index (χ3n) is 3.37. The van der Waals surface area contributed by atoms with E-state index in [0.29, 0.717) is 0 Å². The Hall–Kier alpha value is -1.40. The quantitative estimate of drug-likeness (QED) is 0.727. The summed E-state index contributed by atoms with van der Waals surface area (Å²) in [5.74, 6) is 0. The zero-order valence-corrected chi connectivity index (χ0v) is 12.4. The van der Waals surface area contributed by atoms with Crippen molar-refractivity contribution in [3.63, 3.8) is 0 Å². The van der Waals surface area contributed by atoms with Crippen molar-refractivity contribution in [1.82, 2.24) is 10.3 Å². The molecule has 0 aliphatic heterocycles. The van der Waals surface area contributed by atoms with Crippen molar-refractivity contribution in [2.24, 2.45) is 5.41 Å². The van der Waals surface area contributed by atoms with Gasteiger partial charge in [-0.05, 0) is 51.3 Å². The highest BCUT2D eigenvalue weighted by Crippen LogP contribution is 2.21. The van der Waals surface area contributed by atoms with Crippen LogP contribution in [0.25, 0.3) is 0 Å². The van der Waals surface area contributed by atoms with Gasteiger partial charge in [0.15, 0.2) is 0 Å². The molecule has 1 aromatic rings. The molecule has 1 N–H and O–H groups in total. The molecule has 19 heavy (non-hydrogen) atoms. The lowest BCUT2D eigenvalue weighted by atomic mass is 9.89. The van der Waals surface area contributed by atoms with Crippen LogP contribution in [0.5, 0.6) is 0 Å². The van der Waals surface area contributed by atoms with Crippen LogP contribution in [-0.4, -0.2) is 11.5 Å². The van der Waals surface area contributed by atoms with Crippen LogP contribution in [0.15, 0.2) is 18.3 Å². The molecule has 0 amide bonds. The lowest BCUT2D eigenvalue weighted by Crippen LogP contribution is -2.17. The first-order valence-corrected chi connectivity index (χ1v) is 7.14. The van der Waals surface area contributed by atoms with Gasteiger partial charge in [0.2, 0.25) is 0 Å². The molecular formula is C16H25N3. The van der Waals surface area contributed by atoms with E-state index < -0.39 is 0 Å². The summed E-state index contributed by atoms with van der Waals surface area (Å²) in [6.45, 7) is 7.99. The first-order chi connectivity index (χ1) is 9.09. The van der Waals surface area contributed by atoms with Crippen LogP contribution in [-0.2, 0) is 13.0 Å². The topological polar surface area (TPSA) is 48.7 Å². The first kappa shape index (κ1) is 15.7. The van der Waals surface area contributed by atoms with Gasteiger partial charge < -0.3 is 5.32 Å². The van der Waals surface area contributed by atoms with Gasteiger partial charge in [-0.3, -0.25) is 4.98 Å². The van der Waals surface area contributed by atoms with Crippen molar-refractivity contribution < 1.29 is 0 Å². The van der Waals surface area contributed by atoms with E-state index in [1.54, 1.807) is 0 Å². The highest BCUT2D eigenvalue weighted by molar-refractivity contribution is 5.19. The van der Waals surface area contributed by atoms with Crippen molar-refractivity contribution in [3.05, 3.63) is 29.6 Å². The highest BCUT2D eigenvalue weighted by atomic mass is 14.9. The molecule has 0 saturated carbocycles. The number of pyridine rings is 1. The summed E-state index contributed by atoms with van der Waals surface area (Å²) < 4.78 is 0. The molecule has 0 bridgehead atoms. The van der Waals surface area contributed by atoms with Gasteiger partial charge >= 0.3 is 0 Å². The van der Waals surface area contributed by atoms with E-state index >= 15 is 0 Å². The molecule has 0 radical (unpaired) electrons. The summed E-state index contributed by atoms with van der Waals surface area (Å²) in [7, 11) is 0. The monoisotopic (exact) mass is 259 g/mol. The molecule has 0 unspecified atom stereocenters. The smallest absolute Gasteiger partial charge is 0.0683 e. The summed E-state index contributed by atoms with van der Waals surface area (Å²) in [6, 6.07) is 6.47. The highest BCUT2D eigenvalue weighted by Gasteiger charge is 2.15. The standard InChI is InChI=1S/C16H25N3/c1-4-14-8-7-11-19-15(14)12-18-10-6-5-9-16(2,3)13-17/h7-8,11,18H,4-6,9-10,12H2,1-3H3. The molecule has 3 nitrogen and oxygen atoms in total. The lowest BCUT2D eigenvalue weighted by molar-refractivity contribution is 0.422. The van der Waals surface area contributed by atoms with E-state index in [0.717, 1.165) is 44.5 Å². The number of rotatable bonds is 8. The third kappa shape index (κ3) is 5.85. The normalized spacial score (nSPS) is 11.3. The molecule has 1 heterocycles. The lowest BCUT2D eigenvalue weighted by Gasteiger charge is -2.14. The first-order valence-electron chi connectivity index (χ1n) is 7.14. The molecule has 1 rings (SSSR count). The van der Waals surface area contributed by atoms with Crippen molar-refractivity contribution in [2.45, 2.75) is 53.0 Å². The number of nitriles is 1. The van der Waals surface area contributed by atoms with Crippen LogP contribution >= 0.6 is 0 Å². The number of nitrogens with one attached hydrogen (secondary N) is 1. The van der Waals surface area contributed by atoms with E-state index in [1.807, 2.05) is 26.1 Å². The van der Waals surface area contributed by atoms with Gasteiger partial charge in [-0.1, -0.05) is 19.4 Å². The Balaban J connectivity index is 2.20. The Morgan fingerprint density at radius 2 is 2.16 bits per heavy atom. The Morgan fingerprint density at radius 1 is 1.37 bits per heavy atom. The molecule has 0 atom stereocenters. The molecule has 1 aromatic heterocycles. The Labute approximate surface area is 117 Å². The molecule has 104 valence electrons. The Morgan fingerprint density at radius 3 is 2.84 bits per heavy atom. The van der Waals surface area contributed by atoms with Gasteiger partial charge in [0, 0.05) is 12.7 Å². The van der Waals surface area contributed by atoms with Crippen molar-refractivity contribution in [3.8, 4) is 6.07 Å². The summed E-state index contributed by atoms with van der Waals surface area (Å²) in [5, 5.41) is 12.4. The molecule has 0 fully saturated rings. The SMILES string of the molecule is CCc1cccnc1CNCCCCC(C)(C)C#N. The fourth-order valence-corrected chi connectivity index (χ4v) is 2.03. The largest absolute Gasteiger partial charge is 0.311 e. The molecule has 0 saturated heterocycles. The maximum absolute atomic E-state index is 8.93. The number of unbranched alkanes of at least 4 members (excludes halogenated alkanes) is 1. The number of aromatic nitrogens is 1. The van der Waals surface area contributed by atoms with E-state index in [4.69, 9.17) is 5.26 Å². The van der Waals surface area contributed by atoms with Gasteiger partial charge in [-0.15, -0.1) is 0 Å². The summed E-state index contributed by atoms with van der Waals surface area (Å²) in [6.07, 6.45) is 6.05. The zero-order valence-electron chi connectivity index (χ0n) is 12.4. The van der Waals surface area contributed by atoms with Crippen molar-refractivity contribution in [1.29, 1.82) is 5.26 Å². The van der Waals surface area contributed by atoms with Gasteiger partial charge in [0.1, 0.15) is 0 Å². The van der Waals surface area contributed by atoms with Crippen LogP contribution in [0.3, 0.4) is 0 Å². The summed E-state index contributed by atoms with van der Waals surface area (Å²) in [4.78, 5) is 4.41. The number of hydrogen-bond acceptors (Lipinski definition) is 3. The van der Waals surface area contributed by atoms with E-state index in [2.05, 4.69) is 29.4 Å². The van der Waals surface area contributed by atoms with Crippen LogP contribution in [0.1, 0.15) is 51.3 Å². The summed E-state index contributed by atoms with van der Waals surface area (Å²) >= 11 is 0. The third-order valence-corrected chi connectivity index (χ3v) is 3.37. The van der Waals surface area contributed by atoms with Crippen LogP contribution < -0.4 is 5.32 Å². The predicted molar refractivity (Wildman–Crippen MR) is 78.6 cm³/mol. The average molecular weight is 259 g/mol. The van der Waals surface area contributed by atoms with Crippen molar-refractivity contribution >= 4 is 0 Å². The van der Waals surface area contributed by atoms with Gasteiger partial charge in [0.05, 0.1) is 17.2 Å². The van der Waals surface area contributed by atoms with Gasteiger partial charge in [-0.25, -0.2) is 0 Å². The Bertz CT molecular complexity index is 418.